The molecule has 1 aliphatic rings. The number of furan rings is 1. The summed E-state index contributed by atoms with van der Waals surface area (Å²) < 4.78 is 5.28. The second-order valence-corrected chi connectivity index (χ2v) is 9.39. The highest BCUT2D eigenvalue weighted by Gasteiger charge is 2.45. The van der Waals surface area contributed by atoms with Crippen molar-refractivity contribution < 1.29 is 19.1 Å². The van der Waals surface area contributed by atoms with Crippen LogP contribution in [0.25, 0.3) is 0 Å². The predicted octanol–water partition coefficient (Wildman–Crippen LogP) is 6.32. The normalized spacial score (nSPS) is 16.7. The molecule has 0 spiro atoms. The molecular formula is C26H24ClNO4. The van der Waals surface area contributed by atoms with E-state index in [0.717, 1.165) is 11.1 Å². The van der Waals surface area contributed by atoms with E-state index in [1.54, 1.807) is 24.3 Å². The molecule has 164 valence electrons. The Hall–Kier alpha value is -3.31. The minimum absolute atomic E-state index is 0.0113. The predicted molar refractivity (Wildman–Crippen MR) is 124 cm³/mol. The molecule has 1 N–H and O–H groups in total. The van der Waals surface area contributed by atoms with Crippen molar-refractivity contribution in [3.63, 3.8) is 0 Å². The molecule has 0 radical (unpaired) electrons. The minimum Gasteiger partial charge on any atom is -0.503 e. The molecule has 1 aliphatic heterocycles. The van der Waals surface area contributed by atoms with Crippen molar-refractivity contribution in [2.45, 2.75) is 39.2 Å². The van der Waals surface area contributed by atoms with Crippen molar-refractivity contribution in [2.75, 3.05) is 4.90 Å². The summed E-state index contributed by atoms with van der Waals surface area (Å²) in [4.78, 5) is 28.0. The molecule has 5 nitrogen and oxygen atoms in total. The van der Waals surface area contributed by atoms with Gasteiger partial charge in [-0.2, -0.15) is 0 Å². The number of aliphatic hydroxyl groups is 1. The molecule has 2 heterocycles. The van der Waals surface area contributed by atoms with Gasteiger partial charge in [-0.1, -0.05) is 56.6 Å². The highest BCUT2D eigenvalue weighted by atomic mass is 35.5. The number of benzene rings is 2. The standard InChI is InChI=1S/C26H24ClNO4/c1-15-14-18(27)11-12-19(15)28-22(16-7-9-17(10-8-16)26(2,3)4)21(24(30)25(28)31)23(29)20-6-5-13-32-20/h5-14,22,30H,1-4H3. The Labute approximate surface area is 191 Å². The Bertz CT molecular complexity index is 1220. The van der Waals surface area contributed by atoms with Crippen LogP contribution in [0.4, 0.5) is 5.69 Å². The van der Waals surface area contributed by atoms with Gasteiger partial charge in [-0.25, -0.2) is 0 Å². The van der Waals surface area contributed by atoms with Gasteiger partial charge in [0.2, 0.25) is 5.78 Å². The van der Waals surface area contributed by atoms with Crippen molar-refractivity contribution in [3.05, 3.63) is 99.7 Å². The second kappa shape index (κ2) is 7.99. The Balaban J connectivity index is 1.89. The third-order valence-corrected chi connectivity index (χ3v) is 5.94. The van der Waals surface area contributed by atoms with E-state index in [4.69, 9.17) is 16.0 Å². The maximum absolute atomic E-state index is 13.3. The molecule has 1 amide bonds. The lowest BCUT2D eigenvalue weighted by atomic mass is 9.85. The van der Waals surface area contributed by atoms with E-state index in [9.17, 15) is 14.7 Å². The summed E-state index contributed by atoms with van der Waals surface area (Å²) in [5, 5.41) is 11.4. The number of hydrogen-bond acceptors (Lipinski definition) is 4. The van der Waals surface area contributed by atoms with Crippen molar-refractivity contribution >= 4 is 29.0 Å². The number of ketones is 1. The maximum atomic E-state index is 13.3. The first-order chi connectivity index (χ1) is 15.1. The average Bonchev–Trinajstić information content (AvgIpc) is 3.35. The zero-order valence-electron chi connectivity index (χ0n) is 18.3. The van der Waals surface area contributed by atoms with Crippen LogP contribution in [0.15, 0.2) is 76.6 Å². The van der Waals surface area contributed by atoms with Crippen LogP contribution in [0.2, 0.25) is 5.02 Å². The number of nitrogens with zero attached hydrogens (tertiary/aromatic N) is 1. The van der Waals surface area contributed by atoms with Crippen molar-refractivity contribution in [2.24, 2.45) is 0 Å². The third-order valence-electron chi connectivity index (χ3n) is 5.71. The first kappa shape index (κ1) is 21.9. The van der Waals surface area contributed by atoms with Crippen LogP contribution in [0, 0.1) is 6.92 Å². The third kappa shape index (κ3) is 3.73. The molecule has 0 saturated heterocycles. The Morgan fingerprint density at radius 1 is 1.09 bits per heavy atom. The first-order valence-corrected chi connectivity index (χ1v) is 10.7. The number of carbonyl (C=O) groups excluding carboxylic acids is 2. The van der Waals surface area contributed by atoms with Crippen molar-refractivity contribution in [1.29, 1.82) is 0 Å². The fourth-order valence-electron chi connectivity index (χ4n) is 4.00. The van der Waals surface area contributed by atoms with Crippen LogP contribution in [0.5, 0.6) is 0 Å². The molecule has 1 unspecified atom stereocenters. The summed E-state index contributed by atoms with van der Waals surface area (Å²) in [6, 6.07) is 15.2. The molecular weight excluding hydrogens is 426 g/mol. The van der Waals surface area contributed by atoms with E-state index in [1.807, 2.05) is 31.2 Å². The summed E-state index contributed by atoms with van der Waals surface area (Å²) >= 11 is 6.12. The summed E-state index contributed by atoms with van der Waals surface area (Å²) in [6.45, 7) is 8.17. The van der Waals surface area contributed by atoms with E-state index in [-0.39, 0.29) is 16.7 Å². The fraction of sp³-hybridized carbons (Fsp3) is 0.231. The summed E-state index contributed by atoms with van der Waals surface area (Å²) in [6.07, 6.45) is 1.38. The second-order valence-electron chi connectivity index (χ2n) is 8.95. The van der Waals surface area contributed by atoms with Crippen LogP contribution < -0.4 is 4.90 Å². The lowest BCUT2D eigenvalue weighted by Gasteiger charge is -2.29. The lowest BCUT2D eigenvalue weighted by Crippen LogP contribution is -2.31. The van der Waals surface area contributed by atoms with Gasteiger partial charge in [0.25, 0.3) is 5.91 Å². The number of amides is 1. The maximum Gasteiger partial charge on any atom is 0.294 e. The molecule has 0 bridgehead atoms. The van der Waals surface area contributed by atoms with Gasteiger partial charge in [0.1, 0.15) is 0 Å². The van der Waals surface area contributed by atoms with Crippen LogP contribution in [0.3, 0.4) is 0 Å². The van der Waals surface area contributed by atoms with Crippen molar-refractivity contribution in [1.82, 2.24) is 0 Å². The Morgan fingerprint density at radius 3 is 2.34 bits per heavy atom. The molecule has 0 aliphatic carbocycles. The highest BCUT2D eigenvalue weighted by molar-refractivity contribution is 6.30. The number of anilines is 1. The molecule has 4 rings (SSSR count). The number of aliphatic hydroxyl groups excluding tert-OH is 1. The summed E-state index contributed by atoms with van der Waals surface area (Å²) in [7, 11) is 0. The summed E-state index contributed by atoms with van der Waals surface area (Å²) in [5.41, 5.74) is 3.08. The largest absolute Gasteiger partial charge is 0.503 e. The lowest BCUT2D eigenvalue weighted by molar-refractivity contribution is -0.117. The van der Waals surface area contributed by atoms with Gasteiger partial charge in [-0.05, 0) is 59.4 Å². The smallest absolute Gasteiger partial charge is 0.294 e. The van der Waals surface area contributed by atoms with E-state index in [1.165, 1.54) is 17.2 Å². The van der Waals surface area contributed by atoms with E-state index in [2.05, 4.69) is 20.8 Å². The molecule has 1 aromatic heterocycles. The monoisotopic (exact) mass is 449 g/mol. The zero-order valence-corrected chi connectivity index (χ0v) is 19.1. The average molecular weight is 450 g/mol. The molecule has 0 saturated carbocycles. The Morgan fingerprint density at radius 2 is 1.78 bits per heavy atom. The number of Topliss-reactive ketones (excluding diaryl/α,β-unsaturated/α-hetero) is 1. The van der Waals surface area contributed by atoms with E-state index >= 15 is 0 Å². The number of rotatable bonds is 4. The van der Waals surface area contributed by atoms with Gasteiger partial charge < -0.3 is 9.52 Å². The molecule has 32 heavy (non-hydrogen) atoms. The van der Waals surface area contributed by atoms with Crippen LogP contribution in [0.1, 0.15) is 54.1 Å². The van der Waals surface area contributed by atoms with Crippen LogP contribution >= 0.6 is 11.6 Å². The van der Waals surface area contributed by atoms with Gasteiger partial charge in [-0.3, -0.25) is 14.5 Å². The van der Waals surface area contributed by atoms with Crippen molar-refractivity contribution in [3.8, 4) is 0 Å². The fourth-order valence-corrected chi connectivity index (χ4v) is 4.22. The molecule has 6 heteroatoms. The van der Waals surface area contributed by atoms with Gasteiger partial charge in [-0.15, -0.1) is 0 Å². The van der Waals surface area contributed by atoms with E-state index in [0.29, 0.717) is 16.3 Å². The topological polar surface area (TPSA) is 70.8 Å². The van der Waals surface area contributed by atoms with Gasteiger partial charge in [0.05, 0.1) is 17.9 Å². The van der Waals surface area contributed by atoms with Gasteiger partial charge >= 0.3 is 0 Å². The van der Waals surface area contributed by atoms with Crippen LogP contribution in [-0.2, 0) is 10.2 Å². The first-order valence-electron chi connectivity index (χ1n) is 10.3. The molecule has 3 aromatic rings. The van der Waals surface area contributed by atoms with E-state index < -0.39 is 23.5 Å². The number of aryl methyl sites for hydroxylation is 1. The minimum atomic E-state index is -0.811. The summed E-state index contributed by atoms with van der Waals surface area (Å²) in [5.74, 6) is -1.69. The number of halogens is 1. The molecule has 1 atom stereocenters. The molecule has 0 fully saturated rings. The van der Waals surface area contributed by atoms with Gasteiger partial charge in [0, 0.05) is 10.7 Å². The SMILES string of the molecule is Cc1cc(Cl)ccc1N1C(=O)C(O)=C(C(=O)c2ccco2)C1c1ccc(C(C)(C)C)cc1. The molecule has 2 aromatic carbocycles. The number of carbonyl (C=O) groups is 2. The zero-order chi connectivity index (χ0) is 23.2. The van der Waals surface area contributed by atoms with Gasteiger partial charge in [0.15, 0.2) is 11.5 Å². The highest BCUT2D eigenvalue weighted by Crippen LogP contribution is 2.43. The Kier molecular flexibility index (Phi) is 5.47. The number of hydrogen-bond donors (Lipinski definition) is 1. The quantitative estimate of drug-likeness (QED) is 0.473. The van der Waals surface area contributed by atoms with Crippen LogP contribution in [-0.4, -0.2) is 16.8 Å².